The van der Waals surface area contributed by atoms with E-state index in [0.717, 1.165) is 0 Å². The van der Waals surface area contributed by atoms with Crippen molar-refractivity contribution >= 4 is 209 Å². The lowest BCUT2D eigenvalue weighted by molar-refractivity contribution is 0.284. The fourth-order valence-electron chi connectivity index (χ4n) is 2.81. The summed E-state index contributed by atoms with van der Waals surface area (Å²) in [5.41, 5.74) is 0.249. The molecule has 0 aliphatic heterocycles. The molecule has 0 unspecified atom stereocenters. The Bertz CT molecular complexity index is 943. The van der Waals surface area contributed by atoms with Crippen molar-refractivity contribution in [2.45, 2.75) is 52.8 Å². The van der Waals surface area contributed by atoms with Crippen LogP contribution in [0.25, 0.3) is 0 Å². The fourth-order valence-corrected chi connectivity index (χ4v) is 7.34. The molecule has 216 valence electrons. The Morgan fingerprint density at radius 2 is 0.919 bits per heavy atom. The maximum absolute atomic E-state index is 9.19. The van der Waals surface area contributed by atoms with Gasteiger partial charge in [-0.25, -0.2) is 0 Å². The molecule has 1 N–H and O–H groups in total. The second-order valence-electron chi connectivity index (χ2n) is 7.49. The molecule has 1 rings (SSSR count). The number of hydrogen-bond acceptors (Lipinski definition) is 1. The highest BCUT2D eigenvalue weighted by Crippen LogP contribution is 2.68. The zero-order chi connectivity index (χ0) is 29.7. The van der Waals surface area contributed by atoms with Crippen molar-refractivity contribution in [3.63, 3.8) is 0 Å². The minimum atomic E-state index is -2.62. The first-order chi connectivity index (χ1) is 16.2. The van der Waals surface area contributed by atoms with Gasteiger partial charge in [0.1, 0.15) is 0 Å². The van der Waals surface area contributed by atoms with Crippen molar-refractivity contribution in [1.29, 1.82) is 0 Å². The predicted octanol–water partition coefficient (Wildman–Crippen LogP) is 12.7. The molecule has 19 heteroatoms. The lowest BCUT2D eigenvalue weighted by Gasteiger charge is -2.46. The molecule has 0 fully saturated rings. The van der Waals surface area contributed by atoms with E-state index >= 15 is 0 Å². The third-order valence-corrected chi connectivity index (χ3v) is 15.9. The molecule has 0 saturated heterocycles. The third-order valence-electron chi connectivity index (χ3n) is 4.95. The number of benzene rings is 1. The molecule has 0 atom stereocenters. The second-order valence-corrected chi connectivity index (χ2v) is 20.0. The largest absolute Gasteiger partial charge is 0.396 e. The van der Waals surface area contributed by atoms with Crippen LogP contribution in [0.3, 0.4) is 0 Å². The number of aliphatic hydroxyl groups is 1. The van der Waals surface area contributed by atoms with Gasteiger partial charge < -0.3 is 5.11 Å². The van der Waals surface area contributed by atoms with Crippen LogP contribution in [0.15, 0.2) is 18.2 Å². The van der Waals surface area contributed by atoms with Crippen LogP contribution in [0, 0.1) is 0 Å². The van der Waals surface area contributed by atoms with Gasteiger partial charge in [-0.2, -0.15) is 0 Å². The third kappa shape index (κ3) is 7.62. The molecule has 0 aliphatic carbocycles. The molecule has 37 heavy (non-hydrogen) atoms. The zero-order valence-electron chi connectivity index (χ0n) is 17.3. The highest BCUT2D eigenvalue weighted by Gasteiger charge is 2.70. The summed E-state index contributed by atoms with van der Waals surface area (Å²) < 4.78 is -20.2. The van der Waals surface area contributed by atoms with Crippen molar-refractivity contribution in [2.24, 2.45) is 0 Å². The topological polar surface area (TPSA) is 20.2 Å². The molecule has 0 radical (unpaired) electrons. The van der Waals surface area contributed by atoms with Gasteiger partial charge in [0, 0.05) is 6.61 Å². The Hall–Kier alpha value is 4.40. The first-order valence-electron chi connectivity index (χ1n) is 9.31. The summed E-state index contributed by atoms with van der Waals surface area (Å²) in [6.07, 6.45) is 1.16. The summed E-state index contributed by atoms with van der Waals surface area (Å²) in [6.45, 7) is -0.0902. The van der Waals surface area contributed by atoms with Crippen molar-refractivity contribution in [1.82, 2.24) is 0 Å². The summed E-state index contributed by atoms with van der Waals surface area (Å²) in [7, 11) is 0. The van der Waals surface area contributed by atoms with Crippen LogP contribution in [0.2, 0.25) is 0 Å². The van der Waals surface area contributed by atoms with Gasteiger partial charge >= 0.3 is 0 Å². The number of aliphatic hydroxyl groups excluding tert-OH is 1. The van der Waals surface area contributed by atoms with Gasteiger partial charge in [-0.3, -0.25) is 0 Å². The molecule has 0 bridgehead atoms. The normalized spacial score (nSPS) is 15.3. The van der Waals surface area contributed by atoms with Crippen molar-refractivity contribution in [2.75, 3.05) is 6.61 Å². The monoisotopic (exact) mass is 874 g/mol. The molecule has 0 aliphatic rings. The minimum absolute atomic E-state index is 0.0605. The number of rotatable bonds is 10. The Labute approximate surface area is 304 Å². The molecule has 1 aromatic rings. The smallest absolute Gasteiger partial charge is 0.226 e. The quantitative estimate of drug-likeness (QED) is 0.183. The number of unbranched alkanes of at least 4 members (excludes halogenated alkanes) is 1. The predicted molar refractivity (Wildman–Crippen MR) is 172 cm³/mol. The summed E-state index contributed by atoms with van der Waals surface area (Å²) >= 11 is 113. The highest BCUT2D eigenvalue weighted by molar-refractivity contribution is 6.81. The Balaban J connectivity index is 3.93. The van der Waals surface area contributed by atoms with Gasteiger partial charge in [0.25, 0.3) is 0 Å². The van der Waals surface area contributed by atoms with E-state index in [9.17, 15) is 5.11 Å². The fraction of sp³-hybridized carbons (Fsp3) is 0.667. The zero-order valence-corrected chi connectivity index (χ0v) is 30.9. The number of hydrogen-bond donors (Lipinski definition) is 1. The van der Waals surface area contributed by atoms with E-state index < -0.39 is 33.6 Å². The van der Waals surface area contributed by atoms with E-state index in [2.05, 4.69) is 0 Å². The molecule has 0 aromatic heterocycles. The molecule has 0 spiro atoms. The maximum Gasteiger partial charge on any atom is 0.226 e. The SMILES string of the molecule is OCCCCc1ccc(C(Cl)(Cl)C(Cl)(Cl)C(Cl)(Cl)C(Cl)(Cl)Cl)cc1C(Cl)(Cl)C(Cl)(Cl)C(Cl)(Cl)C(Cl)(Cl)Cl. The summed E-state index contributed by atoms with van der Waals surface area (Å²) in [5, 5.41) is 9.19. The van der Waals surface area contributed by atoms with E-state index in [1.54, 1.807) is 0 Å². The van der Waals surface area contributed by atoms with Crippen LogP contribution in [0.1, 0.15) is 29.5 Å². The van der Waals surface area contributed by atoms with E-state index in [4.69, 9.17) is 209 Å². The minimum Gasteiger partial charge on any atom is -0.396 e. The lowest BCUT2D eigenvalue weighted by atomic mass is 9.92. The number of alkyl halides is 18. The van der Waals surface area contributed by atoms with Crippen molar-refractivity contribution in [3.05, 3.63) is 34.9 Å². The number of halogens is 18. The Kier molecular flexibility index (Phi) is 14.3. The summed E-state index contributed by atoms with van der Waals surface area (Å²) in [5.74, 6) is 0. The van der Waals surface area contributed by atoms with Crippen LogP contribution in [0.5, 0.6) is 0 Å². The molecular formula is C18H12Cl18O. The van der Waals surface area contributed by atoms with Gasteiger partial charge in [0.2, 0.25) is 16.3 Å². The van der Waals surface area contributed by atoms with Crippen LogP contribution in [-0.4, -0.2) is 36.6 Å². The van der Waals surface area contributed by atoms with E-state index in [1.165, 1.54) is 18.2 Å². The average Bonchev–Trinajstić information content (AvgIpc) is 2.71. The van der Waals surface area contributed by atoms with Crippen LogP contribution in [0.4, 0.5) is 0 Å². The lowest BCUT2D eigenvalue weighted by Crippen LogP contribution is -2.55. The Morgan fingerprint density at radius 3 is 1.30 bits per heavy atom. The van der Waals surface area contributed by atoms with E-state index in [-0.39, 0.29) is 24.2 Å². The first-order valence-corrected chi connectivity index (χ1v) is 16.1. The van der Waals surface area contributed by atoms with Crippen LogP contribution >= 0.6 is 209 Å². The Morgan fingerprint density at radius 1 is 0.514 bits per heavy atom. The first kappa shape index (κ1) is 39.4. The van der Waals surface area contributed by atoms with Gasteiger partial charge in [-0.05, 0) is 42.0 Å². The molecule has 1 nitrogen and oxygen atoms in total. The van der Waals surface area contributed by atoms with Crippen LogP contribution < -0.4 is 0 Å². The molecule has 0 saturated carbocycles. The van der Waals surface area contributed by atoms with Crippen LogP contribution in [-0.2, 0) is 15.1 Å². The van der Waals surface area contributed by atoms with E-state index in [1.807, 2.05) is 0 Å². The molecular weight excluding hydrogens is 870 g/mol. The van der Waals surface area contributed by atoms with Gasteiger partial charge in [-0.15, -0.1) is 0 Å². The highest BCUT2D eigenvalue weighted by atomic mass is 35.6. The van der Waals surface area contributed by atoms with E-state index in [0.29, 0.717) is 18.4 Å². The molecule has 0 amide bonds. The number of aryl methyl sites for hydroxylation is 1. The van der Waals surface area contributed by atoms with Gasteiger partial charge in [0.05, 0.1) is 0 Å². The van der Waals surface area contributed by atoms with Gasteiger partial charge in [-0.1, -0.05) is 221 Å². The summed E-state index contributed by atoms with van der Waals surface area (Å²) in [4.78, 5) is 0. The van der Waals surface area contributed by atoms with Crippen molar-refractivity contribution < 1.29 is 5.11 Å². The summed E-state index contributed by atoms with van der Waals surface area (Å²) in [6, 6.07) is 4.09. The standard InChI is InChI=1S/C18H12Cl18O/c19-11(20,13(23,24)15(27,28)17(31,32)33)9-5-4-8(3-1-2-6-37)10(7-9)12(21,22)14(25,26)16(29,30)18(34,35)36/h4-5,7,37H,1-3,6H2. The van der Waals surface area contributed by atoms with Crippen molar-refractivity contribution in [3.8, 4) is 0 Å². The maximum atomic E-state index is 9.19. The average molecular weight is 882 g/mol. The molecule has 1 aromatic carbocycles. The second kappa shape index (κ2) is 13.4. The molecule has 0 heterocycles. The van der Waals surface area contributed by atoms with Gasteiger partial charge in [0.15, 0.2) is 17.3 Å².